The second-order valence-electron chi connectivity index (χ2n) is 6.11. The molecule has 2 nitrogen and oxygen atoms in total. The van der Waals surface area contributed by atoms with Crippen LogP contribution in [0.2, 0.25) is 0 Å². The molecule has 0 bridgehead atoms. The van der Waals surface area contributed by atoms with E-state index in [1.807, 2.05) is 0 Å². The quantitative estimate of drug-likeness (QED) is 0.273. The lowest BCUT2D eigenvalue weighted by molar-refractivity contribution is 0.161. The highest BCUT2D eigenvalue weighted by Gasteiger charge is 1.96. The first-order valence-corrected chi connectivity index (χ1v) is 9.38. The number of rotatable bonds is 17. The molecule has 130 valence electrons. The van der Waals surface area contributed by atoms with Gasteiger partial charge in [-0.2, -0.15) is 0 Å². The Hall–Kier alpha value is -0.600. The zero-order chi connectivity index (χ0) is 17.0. The normalized spacial score (nSPS) is 14.0. The van der Waals surface area contributed by atoms with E-state index in [0.29, 0.717) is 6.61 Å². The standard InChI is InChI=1S/C20H38O2/c1-2-20(22)18-16-14-12-10-8-6-4-3-5-7-9-11-13-15-17-19-21/h9,11-12,14,20-22H,2-8,10,13,15-19H2,1H3/b11-9-,14-12-/i22T. The van der Waals surface area contributed by atoms with Crippen molar-refractivity contribution in [3.05, 3.63) is 24.3 Å². The third-order valence-corrected chi connectivity index (χ3v) is 3.96. The topological polar surface area (TPSA) is 40.5 Å². The highest BCUT2D eigenvalue weighted by atomic mass is 16.3. The summed E-state index contributed by atoms with van der Waals surface area (Å²) in [5, 5.41) is 13.3. The van der Waals surface area contributed by atoms with Crippen LogP contribution in [0.15, 0.2) is 24.3 Å². The van der Waals surface area contributed by atoms with Crippen LogP contribution in [0, 0.1) is 0 Å². The Labute approximate surface area is 139 Å². The summed E-state index contributed by atoms with van der Waals surface area (Å²) in [5.74, 6) is 0. The smallest absolute Gasteiger partial charge is 0.210 e. The number of aliphatic hydroxyl groups excluding tert-OH is 2. The SMILES string of the molecule is [3H]OC(CC)CC/C=C\CCCCCCC/C=C\CCCCO. The van der Waals surface area contributed by atoms with Gasteiger partial charge in [-0.1, -0.05) is 50.5 Å². The second-order valence-corrected chi connectivity index (χ2v) is 6.11. The molecular formula is C20H38O2. The minimum Gasteiger partial charge on any atom is -0.396 e. The van der Waals surface area contributed by atoms with Gasteiger partial charge in [0.05, 0.1) is 6.10 Å². The van der Waals surface area contributed by atoms with Gasteiger partial charge in [0.1, 0.15) is 0 Å². The number of hydrogen-bond donors (Lipinski definition) is 2. The number of unbranched alkanes of at least 4 members (excludes halogenated alkanes) is 8. The molecule has 0 aromatic heterocycles. The first-order chi connectivity index (χ1) is 11.3. The van der Waals surface area contributed by atoms with E-state index in [9.17, 15) is 0 Å². The number of allylic oxidation sites excluding steroid dienone is 4. The maximum absolute atomic E-state index is 8.67. The molecule has 1 unspecified atom stereocenters. The molecule has 0 aromatic carbocycles. The van der Waals surface area contributed by atoms with E-state index in [1.165, 1.54) is 44.9 Å². The monoisotopic (exact) mass is 312 g/mol. The molecule has 0 aliphatic rings. The van der Waals surface area contributed by atoms with E-state index < -0.39 is 0 Å². The first kappa shape index (κ1) is 19.4. The average molecular weight is 313 g/mol. The zero-order valence-electron chi connectivity index (χ0n) is 15.6. The molecule has 2 N–H and O–H groups in total. The van der Waals surface area contributed by atoms with Crippen LogP contribution in [0.25, 0.3) is 0 Å². The van der Waals surface area contributed by atoms with E-state index in [1.54, 1.807) is 0 Å². The minimum absolute atomic E-state index is 0.100. The van der Waals surface area contributed by atoms with Gasteiger partial charge in [0.25, 0.3) is 0 Å². The van der Waals surface area contributed by atoms with Gasteiger partial charge in [0.2, 0.25) is 1.43 Å². The number of hydrogen-bond acceptors (Lipinski definition) is 2. The van der Waals surface area contributed by atoms with Crippen molar-refractivity contribution in [1.29, 1.82) is 1.43 Å². The number of aliphatic hydroxyl groups is 2. The fourth-order valence-corrected chi connectivity index (χ4v) is 2.39. The van der Waals surface area contributed by atoms with Gasteiger partial charge in [-0.05, 0) is 64.2 Å². The summed E-state index contributed by atoms with van der Waals surface area (Å²) in [6, 6.07) is 0. The van der Waals surface area contributed by atoms with Gasteiger partial charge in [-0.15, -0.1) is 0 Å². The fourth-order valence-electron chi connectivity index (χ4n) is 2.39. The molecule has 0 radical (unpaired) electrons. The fraction of sp³-hybridized carbons (Fsp3) is 0.800. The summed E-state index contributed by atoms with van der Waals surface area (Å²) in [6.45, 7) is 2.39. The maximum atomic E-state index is 8.67. The molecule has 0 aliphatic carbocycles. The minimum atomic E-state index is 0.100. The van der Waals surface area contributed by atoms with Crippen molar-refractivity contribution < 1.29 is 10.2 Å². The molecule has 0 amide bonds. The molecule has 22 heavy (non-hydrogen) atoms. The molecule has 0 saturated carbocycles. The molecule has 0 fully saturated rings. The summed E-state index contributed by atoms with van der Waals surface area (Å²) in [5.41, 5.74) is 0. The molecule has 0 aliphatic heterocycles. The summed E-state index contributed by atoms with van der Waals surface area (Å²) < 4.78 is 6.91. The van der Waals surface area contributed by atoms with E-state index in [2.05, 4.69) is 36.3 Å². The predicted octanol–water partition coefficient (Wildman–Crippen LogP) is 5.54. The lowest BCUT2D eigenvalue weighted by Crippen LogP contribution is -2.02. The molecule has 2 heteroatoms. The molecule has 0 spiro atoms. The van der Waals surface area contributed by atoms with Gasteiger partial charge in [0.15, 0.2) is 0 Å². The Morgan fingerprint density at radius 1 is 0.773 bits per heavy atom. The molecule has 0 heterocycles. The summed E-state index contributed by atoms with van der Waals surface area (Å²) in [4.78, 5) is 0. The third kappa shape index (κ3) is 17.5. The van der Waals surface area contributed by atoms with Gasteiger partial charge < -0.3 is 10.2 Å². The summed E-state index contributed by atoms with van der Waals surface area (Å²) in [7, 11) is 0. The maximum Gasteiger partial charge on any atom is 0.210 e. The van der Waals surface area contributed by atoms with Crippen LogP contribution in [-0.4, -0.2) is 24.4 Å². The van der Waals surface area contributed by atoms with Crippen molar-refractivity contribution in [2.75, 3.05) is 6.61 Å². The van der Waals surface area contributed by atoms with Crippen molar-refractivity contribution in [3.63, 3.8) is 0 Å². The largest absolute Gasteiger partial charge is 0.396 e. The van der Waals surface area contributed by atoms with Crippen LogP contribution >= 0.6 is 0 Å². The highest BCUT2D eigenvalue weighted by Crippen LogP contribution is 2.09. The second kappa shape index (κ2) is 18.4. The highest BCUT2D eigenvalue weighted by molar-refractivity contribution is 4.82. The van der Waals surface area contributed by atoms with Crippen LogP contribution in [-0.2, 0) is 0 Å². The Bertz CT molecular complexity index is 273. The van der Waals surface area contributed by atoms with E-state index in [0.717, 1.165) is 38.5 Å². The van der Waals surface area contributed by atoms with Crippen LogP contribution in [0.1, 0.15) is 90.4 Å². The van der Waals surface area contributed by atoms with Crippen LogP contribution in [0.4, 0.5) is 0 Å². The Kier molecular flexibility index (Phi) is 16.3. The Morgan fingerprint density at radius 2 is 1.27 bits per heavy atom. The Morgan fingerprint density at radius 3 is 1.77 bits per heavy atom. The van der Waals surface area contributed by atoms with Crippen molar-refractivity contribution in [2.45, 2.75) is 96.5 Å². The molecule has 0 aromatic rings. The van der Waals surface area contributed by atoms with Crippen molar-refractivity contribution >= 4 is 0 Å². The van der Waals surface area contributed by atoms with E-state index in [-0.39, 0.29) is 6.10 Å². The molecule has 0 saturated heterocycles. The van der Waals surface area contributed by atoms with Gasteiger partial charge in [0, 0.05) is 6.61 Å². The van der Waals surface area contributed by atoms with Crippen LogP contribution in [0.3, 0.4) is 0 Å². The van der Waals surface area contributed by atoms with Gasteiger partial charge >= 0.3 is 0 Å². The van der Waals surface area contributed by atoms with Crippen LogP contribution < -0.4 is 0 Å². The Balaban J connectivity index is 3.21. The first-order valence-electron chi connectivity index (χ1n) is 9.78. The van der Waals surface area contributed by atoms with Crippen molar-refractivity contribution in [1.82, 2.24) is 0 Å². The van der Waals surface area contributed by atoms with Gasteiger partial charge in [-0.25, -0.2) is 0 Å². The summed E-state index contributed by atoms with van der Waals surface area (Å²) in [6.07, 6.45) is 24.2. The predicted molar refractivity (Wildman–Crippen MR) is 97.1 cm³/mol. The zero-order valence-corrected chi connectivity index (χ0v) is 14.6. The van der Waals surface area contributed by atoms with Crippen molar-refractivity contribution in [2.24, 2.45) is 0 Å². The summed E-state index contributed by atoms with van der Waals surface area (Å²) >= 11 is 0. The third-order valence-electron chi connectivity index (χ3n) is 3.96. The molecular weight excluding hydrogens is 272 g/mol. The van der Waals surface area contributed by atoms with E-state index >= 15 is 0 Å². The van der Waals surface area contributed by atoms with Crippen molar-refractivity contribution in [3.8, 4) is 0 Å². The molecule has 1 atom stereocenters. The van der Waals surface area contributed by atoms with Gasteiger partial charge in [-0.3, -0.25) is 0 Å². The van der Waals surface area contributed by atoms with E-state index in [4.69, 9.17) is 6.54 Å². The lowest BCUT2D eigenvalue weighted by Gasteiger charge is -2.03. The molecule has 0 rings (SSSR count). The lowest BCUT2D eigenvalue weighted by atomic mass is 10.1. The average Bonchev–Trinajstić information content (AvgIpc) is 2.58. The van der Waals surface area contributed by atoms with Crippen LogP contribution in [0.5, 0.6) is 0 Å².